The van der Waals surface area contributed by atoms with E-state index in [-0.39, 0.29) is 5.69 Å². The molecule has 0 bridgehead atoms. The molecule has 4 heterocycles. The summed E-state index contributed by atoms with van der Waals surface area (Å²) in [7, 11) is 0. The second kappa shape index (κ2) is 7.01. The van der Waals surface area contributed by atoms with Crippen LogP contribution in [0.1, 0.15) is 10.5 Å². The van der Waals surface area contributed by atoms with E-state index in [0.717, 1.165) is 29.1 Å². The number of nitrogens with one attached hydrogen (secondary N) is 1. The number of morpholine rings is 1. The zero-order chi connectivity index (χ0) is 19.1. The molecule has 0 spiro atoms. The lowest BCUT2D eigenvalue weighted by molar-refractivity contribution is 0.102. The molecule has 10 heteroatoms. The Labute approximate surface area is 168 Å². The highest BCUT2D eigenvalue weighted by atomic mass is 35.5. The lowest BCUT2D eigenvalue weighted by Gasteiger charge is -2.28. The number of halogens is 1. The Kier molecular flexibility index (Phi) is 4.34. The molecule has 1 aliphatic rings. The molecule has 0 saturated carbocycles. The number of amides is 1. The Hall–Kier alpha value is -2.75. The Morgan fingerprint density at radius 2 is 2.04 bits per heavy atom. The smallest absolute Gasteiger partial charge is 0.280 e. The van der Waals surface area contributed by atoms with Gasteiger partial charge in [-0.25, -0.2) is 4.98 Å². The number of fused-ring (bicyclic) bond motifs is 3. The van der Waals surface area contributed by atoms with E-state index in [4.69, 9.17) is 21.3 Å². The molecule has 1 aliphatic heterocycles. The molecule has 0 atom stereocenters. The van der Waals surface area contributed by atoms with Crippen LogP contribution in [0, 0.1) is 0 Å². The third kappa shape index (κ3) is 2.88. The number of hydrogen-bond donors (Lipinski definition) is 1. The van der Waals surface area contributed by atoms with Crippen molar-refractivity contribution in [3.8, 4) is 0 Å². The molecule has 8 nitrogen and oxygen atoms in total. The van der Waals surface area contributed by atoms with E-state index in [9.17, 15) is 4.79 Å². The number of aromatic nitrogens is 4. The molecule has 142 valence electrons. The van der Waals surface area contributed by atoms with E-state index < -0.39 is 5.91 Å². The zero-order valence-corrected chi connectivity index (χ0v) is 16.2. The molecule has 1 amide bonds. The van der Waals surface area contributed by atoms with Gasteiger partial charge in [0.2, 0.25) is 0 Å². The van der Waals surface area contributed by atoms with Gasteiger partial charge < -0.3 is 15.0 Å². The van der Waals surface area contributed by atoms with Gasteiger partial charge in [-0.05, 0) is 23.6 Å². The molecule has 1 N–H and O–H groups in total. The van der Waals surface area contributed by atoms with Crippen LogP contribution in [-0.2, 0) is 4.74 Å². The number of para-hydroxylation sites is 1. The summed E-state index contributed by atoms with van der Waals surface area (Å²) in [5.74, 6) is 0.424. The number of thiophene rings is 1. The van der Waals surface area contributed by atoms with Crippen molar-refractivity contribution in [1.82, 2.24) is 19.8 Å². The summed E-state index contributed by atoms with van der Waals surface area (Å²) in [4.78, 5) is 19.8. The summed E-state index contributed by atoms with van der Waals surface area (Å²) in [6.45, 7) is 2.80. The van der Waals surface area contributed by atoms with E-state index in [1.54, 1.807) is 40.1 Å². The van der Waals surface area contributed by atoms with Gasteiger partial charge in [0.1, 0.15) is 0 Å². The van der Waals surface area contributed by atoms with Gasteiger partial charge in [-0.3, -0.25) is 4.79 Å². The normalized spacial score (nSPS) is 14.7. The lowest BCUT2D eigenvalue weighted by Crippen LogP contribution is -2.37. The predicted molar refractivity (Wildman–Crippen MR) is 109 cm³/mol. The van der Waals surface area contributed by atoms with Crippen LogP contribution < -0.4 is 10.2 Å². The highest BCUT2D eigenvalue weighted by Gasteiger charge is 2.24. The van der Waals surface area contributed by atoms with Crippen LogP contribution in [-0.4, -0.2) is 52.0 Å². The molecular formula is C18H15ClN6O2S. The highest BCUT2D eigenvalue weighted by Crippen LogP contribution is 2.32. The first kappa shape index (κ1) is 17.4. The molecule has 1 saturated heterocycles. The number of nitrogens with zero attached hydrogens (tertiary/aromatic N) is 5. The van der Waals surface area contributed by atoms with Gasteiger partial charge in [0.15, 0.2) is 17.2 Å². The van der Waals surface area contributed by atoms with Crippen LogP contribution >= 0.6 is 22.9 Å². The maximum absolute atomic E-state index is 12.8. The predicted octanol–water partition coefficient (Wildman–Crippen LogP) is 3.08. The van der Waals surface area contributed by atoms with E-state index in [0.29, 0.717) is 29.6 Å². The third-order valence-electron chi connectivity index (χ3n) is 4.58. The van der Waals surface area contributed by atoms with E-state index in [1.807, 2.05) is 11.4 Å². The van der Waals surface area contributed by atoms with Gasteiger partial charge in [-0.15, -0.1) is 16.4 Å². The van der Waals surface area contributed by atoms with Gasteiger partial charge in [0, 0.05) is 13.1 Å². The Bertz CT molecular complexity index is 1180. The first-order valence-electron chi connectivity index (χ1n) is 8.73. The van der Waals surface area contributed by atoms with Crippen molar-refractivity contribution in [3.05, 3.63) is 46.4 Å². The summed E-state index contributed by atoms with van der Waals surface area (Å²) in [5, 5.41) is 13.5. The molecular weight excluding hydrogens is 400 g/mol. The van der Waals surface area contributed by atoms with Crippen LogP contribution in [0.5, 0.6) is 0 Å². The van der Waals surface area contributed by atoms with Crippen LogP contribution in [0.4, 0.5) is 11.5 Å². The molecule has 0 unspecified atom stereocenters. The molecule has 0 aliphatic carbocycles. The minimum absolute atomic E-state index is 0.155. The number of anilines is 2. The lowest BCUT2D eigenvalue weighted by atomic mass is 10.3. The molecule has 1 fully saturated rings. The monoisotopic (exact) mass is 414 g/mol. The summed E-state index contributed by atoms with van der Waals surface area (Å²) < 4.78 is 8.07. The van der Waals surface area contributed by atoms with Crippen molar-refractivity contribution in [2.75, 3.05) is 36.5 Å². The fourth-order valence-electron chi connectivity index (χ4n) is 3.21. The third-order valence-corrected chi connectivity index (χ3v) is 5.81. The maximum atomic E-state index is 12.8. The summed E-state index contributed by atoms with van der Waals surface area (Å²) in [6, 6.07) is 9.01. The quantitative estimate of drug-likeness (QED) is 0.554. The second-order valence-electron chi connectivity index (χ2n) is 6.28. The van der Waals surface area contributed by atoms with Crippen molar-refractivity contribution in [2.24, 2.45) is 0 Å². The SMILES string of the molecule is O=C(Nc1ccccc1Cl)c1nnn2c1nc(N1CCOCC1)c1sccc12. The standard InChI is InChI=1S/C18H15ClN6O2S/c19-11-3-1-2-4-12(11)20-18(26)14-16-21-17(24-6-8-27-9-7-24)15-13(5-10-28-15)25(16)23-22-14/h1-5,10H,6-9H2,(H,20,26). The average Bonchev–Trinajstić information content (AvgIpc) is 3.36. The largest absolute Gasteiger partial charge is 0.378 e. The Morgan fingerprint density at radius 1 is 1.21 bits per heavy atom. The second-order valence-corrected chi connectivity index (χ2v) is 7.60. The molecule has 28 heavy (non-hydrogen) atoms. The summed E-state index contributed by atoms with van der Waals surface area (Å²) >= 11 is 7.74. The number of rotatable bonds is 3. The number of carbonyl (C=O) groups excluding carboxylic acids is 1. The molecule has 5 rings (SSSR count). The van der Waals surface area contributed by atoms with E-state index in [1.165, 1.54) is 0 Å². The topological polar surface area (TPSA) is 84.7 Å². The van der Waals surface area contributed by atoms with Crippen LogP contribution in [0.25, 0.3) is 15.9 Å². The van der Waals surface area contributed by atoms with Crippen molar-refractivity contribution < 1.29 is 9.53 Å². The van der Waals surface area contributed by atoms with Gasteiger partial charge in [-0.1, -0.05) is 28.9 Å². The summed E-state index contributed by atoms with van der Waals surface area (Å²) in [6.07, 6.45) is 0. The van der Waals surface area contributed by atoms with Crippen molar-refractivity contribution in [2.45, 2.75) is 0 Å². The minimum atomic E-state index is -0.405. The average molecular weight is 415 g/mol. The van der Waals surface area contributed by atoms with Gasteiger partial charge in [0.05, 0.1) is 34.1 Å². The van der Waals surface area contributed by atoms with Crippen LogP contribution in [0.2, 0.25) is 5.02 Å². The maximum Gasteiger partial charge on any atom is 0.280 e. The minimum Gasteiger partial charge on any atom is -0.378 e. The summed E-state index contributed by atoms with van der Waals surface area (Å²) in [5.41, 5.74) is 1.96. The molecule has 1 aromatic carbocycles. The van der Waals surface area contributed by atoms with E-state index in [2.05, 4.69) is 20.5 Å². The van der Waals surface area contributed by atoms with Crippen LogP contribution in [0.3, 0.4) is 0 Å². The fourth-order valence-corrected chi connectivity index (χ4v) is 4.28. The van der Waals surface area contributed by atoms with E-state index >= 15 is 0 Å². The number of carbonyl (C=O) groups is 1. The first-order chi connectivity index (χ1) is 13.7. The number of hydrogen-bond acceptors (Lipinski definition) is 7. The Balaban J connectivity index is 1.60. The van der Waals surface area contributed by atoms with Gasteiger partial charge >= 0.3 is 0 Å². The number of benzene rings is 1. The molecule has 3 aromatic heterocycles. The molecule has 4 aromatic rings. The van der Waals surface area contributed by atoms with Gasteiger partial charge in [-0.2, -0.15) is 4.52 Å². The zero-order valence-electron chi connectivity index (χ0n) is 14.6. The van der Waals surface area contributed by atoms with Crippen LogP contribution in [0.15, 0.2) is 35.7 Å². The van der Waals surface area contributed by atoms with Gasteiger partial charge in [0.25, 0.3) is 5.91 Å². The fraction of sp³-hybridized carbons (Fsp3) is 0.222. The van der Waals surface area contributed by atoms with Crippen molar-refractivity contribution >= 4 is 56.2 Å². The molecule has 0 radical (unpaired) electrons. The first-order valence-corrected chi connectivity index (χ1v) is 9.99. The number of ether oxygens (including phenoxy) is 1. The van der Waals surface area contributed by atoms with Crippen molar-refractivity contribution in [3.63, 3.8) is 0 Å². The van der Waals surface area contributed by atoms with Crippen molar-refractivity contribution in [1.29, 1.82) is 0 Å². The highest BCUT2D eigenvalue weighted by molar-refractivity contribution is 7.17. The Morgan fingerprint density at radius 3 is 2.86 bits per heavy atom.